The molecule has 0 atom stereocenters. The average Bonchev–Trinajstić information content (AvgIpc) is 2.83. The molecule has 7 nitrogen and oxygen atoms in total. The van der Waals surface area contributed by atoms with Crippen LogP contribution in [-0.2, 0) is 21.8 Å². The monoisotopic (exact) mass is 401 g/mol. The van der Waals surface area contributed by atoms with Crippen LogP contribution in [0.1, 0.15) is 22.8 Å². The molecule has 0 saturated heterocycles. The van der Waals surface area contributed by atoms with Gasteiger partial charge in [0.2, 0.25) is 0 Å². The summed E-state index contributed by atoms with van der Waals surface area (Å²) in [5.74, 6) is -0.585. The van der Waals surface area contributed by atoms with E-state index in [1.54, 1.807) is 26.0 Å². The standard InChI is InChI=1S/C14H16BrN3O4S/c1-4-22-14(19)10-8-16-18(3)13(10)17-23(20,21)11-7-5-6-9(2)12(11)15/h5-8,17H,4H2,1-3H3. The molecule has 0 amide bonds. The maximum absolute atomic E-state index is 12.6. The Balaban J connectivity index is 2.44. The molecular formula is C14H16BrN3O4S. The second kappa shape index (κ2) is 6.71. The highest BCUT2D eigenvalue weighted by molar-refractivity contribution is 9.10. The first-order valence-electron chi connectivity index (χ1n) is 6.75. The predicted octanol–water partition coefficient (Wildman–Crippen LogP) is 2.47. The summed E-state index contributed by atoms with van der Waals surface area (Å²) in [5.41, 5.74) is 0.838. The SMILES string of the molecule is CCOC(=O)c1cnn(C)c1NS(=O)(=O)c1cccc(C)c1Br. The number of benzene rings is 1. The number of sulfonamides is 1. The number of carbonyl (C=O) groups excluding carboxylic acids is 1. The van der Waals surface area contributed by atoms with Crippen molar-refractivity contribution < 1.29 is 17.9 Å². The third-order valence-electron chi connectivity index (χ3n) is 3.11. The fraction of sp³-hybridized carbons (Fsp3) is 0.286. The van der Waals surface area contributed by atoms with E-state index < -0.39 is 16.0 Å². The quantitative estimate of drug-likeness (QED) is 0.776. The molecule has 9 heteroatoms. The van der Waals surface area contributed by atoms with Crippen LogP contribution in [0.3, 0.4) is 0 Å². The van der Waals surface area contributed by atoms with Crippen LogP contribution in [0.4, 0.5) is 5.82 Å². The third kappa shape index (κ3) is 3.56. The number of nitrogens with one attached hydrogen (secondary N) is 1. The van der Waals surface area contributed by atoms with Crippen molar-refractivity contribution in [2.24, 2.45) is 7.05 Å². The summed E-state index contributed by atoms with van der Waals surface area (Å²) < 4.78 is 34.3. The number of ether oxygens (including phenoxy) is 1. The number of hydrogen-bond donors (Lipinski definition) is 1. The van der Waals surface area contributed by atoms with E-state index in [2.05, 4.69) is 25.8 Å². The van der Waals surface area contributed by atoms with E-state index in [1.165, 1.54) is 24.0 Å². The Morgan fingerprint density at radius 1 is 1.43 bits per heavy atom. The fourth-order valence-corrected chi connectivity index (χ4v) is 4.09. The minimum Gasteiger partial charge on any atom is -0.462 e. The van der Waals surface area contributed by atoms with E-state index in [-0.39, 0.29) is 22.9 Å². The van der Waals surface area contributed by atoms with Crippen molar-refractivity contribution in [3.05, 3.63) is 40.0 Å². The number of nitrogens with zero attached hydrogens (tertiary/aromatic N) is 2. The number of rotatable bonds is 5. The number of anilines is 1. The first-order valence-corrected chi connectivity index (χ1v) is 9.02. The van der Waals surface area contributed by atoms with Crippen LogP contribution in [-0.4, -0.2) is 30.8 Å². The van der Waals surface area contributed by atoms with Crippen molar-refractivity contribution >= 4 is 37.7 Å². The molecule has 23 heavy (non-hydrogen) atoms. The summed E-state index contributed by atoms with van der Waals surface area (Å²) in [5, 5.41) is 3.91. The molecular weight excluding hydrogens is 386 g/mol. The lowest BCUT2D eigenvalue weighted by atomic mass is 10.2. The van der Waals surface area contributed by atoms with E-state index in [0.29, 0.717) is 4.47 Å². The zero-order valence-corrected chi connectivity index (χ0v) is 15.2. The topological polar surface area (TPSA) is 90.3 Å². The summed E-state index contributed by atoms with van der Waals surface area (Å²) in [6.45, 7) is 3.64. The molecule has 0 aliphatic rings. The highest BCUT2D eigenvalue weighted by Crippen LogP contribution is 2.28. The molecule has 0 fully saturated rings. The van der Waals surface area contributed by atoms with Crippen molar-refractivity contribution in [2.45, 2.75) is 18.7 Å². The summed E-state index contributed by atoms with van der Waals surface area (Å²) >= 11 is 3.28. The number of hydrogen-bond acceptors (Lipinski definition) is 5. The van der Waals surface area contributed by atoms with Crippen LogP contribution in [0.15, 0.2) is 33.8 Å². The Hall–Kier alpha value is -1.87. The molecule has 0 aliphatic carbocycles. The molecule has 2 aromatic rings. The van der Waals surface area contributed by atoms with E-state index >= 15 is 0 Å². The van der Waals surface area contributed by atoms with Gasteiger partial charge in [-0.2, -0.15) is 5.10 Å². The van der Waals surface area contributed by atoms with Crippen molar-refractivity contribution in [3.8, 4) is 0 Å². The van der Waals surface area contributed by atoms with Crippen molar-refractivity contribution in [3.63, 3.8) is 0 Å². The number of carbonyl (C=O) groups is 1. The Kier molecular flexibility index (Phi) is 5.10. The lowest BCUT2D eigenvalue weighted by molar-refractivity contribution is 0.0527. The lowest BCUT2D eigenvalue weighted by Gasteiger charge is -2.12. The highest BCUT2D eigenvalue weighted by atomic mass is 79.9. The zero-order valence-electron chi connectivity index (χ0n) is 12.8. The van der Waals surface area contributed by atoms with Crippen molar-refractivity contribution in [1.29, 1.82) is 0 Å². The van der Waals surface area contributed by atoms with Gasteiger partial charge < -0.3 is 4.74 Å². The van der Waals surface area contributed by atoms with Crippen LogP contribution >= 0.6 is 15.9 Å². The summed E-state index contributed by atoms with van der Waals surface area (Å²) in [4.78, 5) is 12.0. The van der Waals surface area contributed by atoms with Crippen molar-refractivity contribution in [2.75, 3.05) is 11.3 Å². The number of aryl methyl sites for hydroxylation is 2. The Morgan fingerprint density at radius 2 is 2.13 bits per heavy atom. The summed E-state index contributed by atoms with van der Waals surface area (Å²) in [6, 6.07) is 4.90. The first-order chi connectivity index (χ1) is 10.8. The lowest BCUT2D eigenvalue weighted by Crippen LogP contribution is -2.18. The van der Waals surface area contributed by atoms with Gasteiger partial charge in [-0.3, -0.25) is 9.40 Å². The molecule has 0 bridgehead atoms. The van der Waals surface area contributed by atoms with Gasteiger partial charge in [-0.05, 0) is 41.4 Å². The molecule has 2 rings (SSSR count). The minimum atomic E-state index is -3.90. The van der Waals surface area contributed by atoms with E-state index in [1.807, 2.05) is 0 Å². The van der Waals surface area contributed by atoms with Gasteiger partial charge >= 0.3 is 5.97 Å². The molecule has 1 N–H and O–H groups in total. The average molecular weight is 402 g/mol. The Bertz CT molecular complexity index is 846. The minimum absolute atomic E-state index is 0.0526. The highest BCUT2D eigenvalue weighted by Gasteiger charge is 2.24. The maximum Gasteiger partial charge on any atom is 0.343 e. The van der Waals surface area contributed by atoms with Gasteiger partial charge in [0.25, 0.3) is 10.0 Å². The number of aromatic nitrogens is 2. The molecule has 0 unspecified atom stereocenters. The molecule has 1 aromatic heterocycles. The van der Waals surface area contributed by atoms with Crippen LogP contribution < -0.4 is 4.72 Å². The van der Waals surface area contributed by atoms with Crippen LogP contribution in [0.5, 0.6) is 0 Å². The molecule has 1 heterocycles. The molecule has 1 aromatic carbocycles. The van der Waals surface area contributed by atoms with Crippen LogP contribution in [0.2, 0.25) is 0 Å². The second-order valence-corrected chi connectivity index (χ2v) is 7.19. The summed E-state index contributed by atoms with van der Waals surface area (Å²) in [6.07, 6.45) is 1.27. The zero-order chi connectivity index (χ0) is 17.2. The number of halogens is 1. The largest absolute Gasteiger partial charge is 0.462 e. The van der Waals surface area contributed by atoms with Crippen LogP contribution in [0, 0.1) is 6.92 Å². The molecule has 0 spiro atoms. The van der Waals surface area contributed by atoms with Gasteiger partial charge in [0.1, 0.15) is 10.5 Å². The first kappa shape index (κ1) is 17.5. The Morgan fingerprint density at radius 3 is 2.78 bits per heavy atom. The smallest absolute Gasteiger partial charge is 0.343 e. The van der Waals surface area contributed by atoms with E-state index in [0.717, 1.165) is 5.56 Å². The van der Waals surface area contributed by atoms with Gasteiger partial charge in [-0.25, -0.2) is 13.2 Å². The number of esters is 1. The van der Waals surface area contributed by atoms with Gasteiger partial charge in [-0.15, -0.1) is 0 Å². The van der Waals surface area contributed by atoms with Crippen molar-refractivity contribution in [1.82, 2.24) is 9.78 Å². The third-order valence-corrected chi connectivity index (χ3v) is 5.81. The Labute approximate surface area is 142 Å². The predicted molar refractivity (Wildman–Crippen MR) is 88.9 cm³/mol. The van der Waals surface area contributed by atoms with E-state index in [9.17, 15) is 13.2 Å². The van der Waals surface area contributed by atoms with Gasteiger partial charge in [-0.1, -0.05) is 12.1 Å². The molecule has 0 radical (unpaired) electrons. The molecule has 124 valence electrons. The van der Waals surface area contributed by atoms with Gasteiger partial charge in [0.05, 0.1) is 12.8 Å². The maximum atomic E-state index is 12.6. The molecule has 0 saturated carbocycles. The van der Waals surface area contributed by atoms with Crippen LogP contribution in [0.25, 0.3) is 0 Å². The van der Waals surface area contributed by atoms with Gasteiger partial charge in [0.15, 0.2) is 5.82 Å². The molecule has 0 aliphatic heterocycles. The summed E-state index contributed by atoms with van der Waals surface area (Å²) in [7, 11) is -2.36. The van der Waals surface area contributed by atoms with E-state index in [4.69, 9.17) is 4.74 Å². The second-order valence-electron chi connectivity index (χ2n) is 4.74. The fourth-order valence-electron chi connectivity index (χ4n) is 1.93. The van der Waals surface area contributed by atoms with Gasteiger partial charge in [0, 0.05) is 11.5 Å². The normalized spacial score (nSPS) is 11.3.